The molecule has 0 radical (unpaired) electrons. The molecule has 2 aliphatic rings. The molecule has 4 heteroatoms. The molecule has 0 saturated carbocycles. The maximum absolute atomic E-state index is 12.6. The highest BCUT2D eigenvalue weighted by atomic mass is 16.5. The van der Waals surface area contributed by atoms with Crippen LogP contribution in [0.25, 0.3) is 5.57 Å². The van der Waals surface area contributed by atoms with Crippen LogP contribution in [0.2, 0.25) is 0 Å². The fourth-order valence-corrected chi connectivity index (χ4v) is 3.94. The van der Waals surface area contributed by atoms with Gasteiger partial charge in [0.15, 0.2) is 0 Å². The molecule has 1 aromatic carbocycles. The van der Waals surface area contributed by atoms with E-state index < -0.39 is 0 Å². The van der Waals surface area contributed by atoms with E-state index in [1.54, 1.807) is 12.2 Å². The van der Waals surface area contributed by atoms with Gasteiger partial charge in [-0.3, -0.25) is 4.79 Å². The summed E-state index contributed by atoms with van der Waals surface area (Å²) < 4.78 is 6.27. The lowest BCUT2D eigenvalue weighted by Crippen LogP contribution is -2.44. The summed E-state index contributed by atoms with van der Waals surface area (Å²) in [5.74, 6) is 0.751. The van der Waals surface area contributed by atoms with Crippen molar-refractivity contribution >= 4 is 11.5 Å². The maximum Gasteiger partial charge on any atom is 0.253 e. The highest BCUT2D eigenvalue weighted by molar-refractivity contribution is 5.95. The maximum atomic E-state index is 12.6. The van der Waals surface area contributed by atoms with Crippen molar-refractivity contribution in [3.63, 3.8) is 0 Å². The summed E-state index contributed by atoms with van der Waals surface area (Å²) in [7, 11) is 0. The molecule has 2 heterocycles. The van der Waals surface area contributed by atoms with Crippen molar-refractivity contribution in [2.24, 2.45) is 0 Å². The topological polar surface area (TPSA) is 41.6 Å². The summed E-state index contributed by atoms with van der Waals surface area (Å²) in [6, 6.07) is 7.87. The van der Waals surface area contributed by atoms with Crippen LogP contribution in [0.15, 0.2) is 79.6 Å². The number of carbonyl (C=O) groups excluding carboxylic acids is 1. The van der Waals surface area contributed by atoms with E-state index >= 15 is 0 Å². The number of piperidine rings is 1. The Kier molecular flexibility index (Phi) is 9.07. The van der Waals surface area contributed by atoms with Crippen molar-refractivity contribution in [1.82, 2.24) is 10.2 Å². The molecule has 166 valence electrons. The zero-order chi connectivity index (χ0) is 22.9. The number of carbonyl (C=O) groups is 1. The zero-order valence-electron chi connectivity index (χ0n) is 19.2. The Labute approximate surface area is 187 Å². The Morgan fingerprint density at radius 2 is 1.74 bits per heavy atom. The molecule has 31 heavy (non-hydrogen) atoms. The first-order valence-corrected chi connectivity index (χ1v) is 11.1. The first-order valence-electron chi connectivity index (χ1n) is 11.1. The van der Waals surface area contributed by atoms with E-state index in [0.29, 0.717) is 24.4 Å². The van der Waals surface area contributed by atoms with E-state index in [-0.39, 0.29) is 11.5 Å². The molecule has 1 N–H and O–H groups in total. The normalized spacial score (nSPS) is 18.4. The molecule has 1 amide bonds. The average molecular weight is 421 g/mol. The quantitative estimate of drug-likeness (QED) is 0.638. The van der Waals surface area contributed by atoms with E-state index in [1.165, 1.54) is 0 Å². The number of nitrogens with one attached hydrogen (secondary N) is 1. The molecule has 1 saturated heterocycles. The number of nitrogens with zero attached hydrogens (tertiary/aromatic N) is 1. The van der Waals surface area contributed by atoms with Gasteiger partial charge in [0.05, 0.1) is 0 Å². The first kappa shape index (κ1) is 24.4. The summed E-state index contributed by atoms with van der Waals surface area (Å²) >= 11 is 0. The number of ether oxygens (including phenoxy) is 1. The SMILES string of the molecule is C=C/C=C1\C(=C)OC2(C=C1c1ccc(C(=O)N(CC)CC)cc1)CCNCC2.C=CC. The Morgan fingerprint density at radius 3 is 2.26 bits per heavy atom. The average Bonchev–Trinajstić information content (AvgIpc) is 2.77. The number of hydrogen-bond acceptors (Lipinski definition) is 3. The largest absolute Gasteiger partial charge is 0.483 e. The van der Waals surface area contributed by atoms with Gasteiger partial charge in [-0.05, 0) is 63.2 Å². The molecule has 0 bridgehead atoms. The molecule has 2 aliphatic heterocycles. The highest BCUT2D eigenvalue weighted by Crippen LogP contribution is 2.42. The van der Waals surface area contributed by atoms with Crippen molar-refractivity contribution in [3.8, 4) is 0 Å². The van der Waals surface area contributed by atoms with E-state index in [4.69, 9.17) is 4.74 Å². The highest BCUT2D eigenvalue weighted by Gasteiger charge is 2.37. The lowest BCUT2D eigenvalue weighted by atomic mass is 9.82. The first-order chi connectivity index (χ1) is 14.9. The van der Waals surface area contributed by atoms with Gasteiger partial charge in [-0.1, -0.05) is 43.5 Å². The van der Waals surface area contributed by atoms with Gasteiger partial charge >= 0.3 is 0 Å². The molecule has 0 aliphatic carbocycles. The fourth-order valence-electron chi connectivity index (χ4n) is 3.94. The third kappa shape index (κ3) is 5.86. The molecule has 0 unspecified atom stereocenters. The molecule has 1 spiro atoms. The van der Waals surface area contributed by atoms with Crippen molar-refractivity contribution in [1.29, 1.82) is 0 Å². The number of rotatable bonds is 5. The Hall–Kier alpha value is -2.85. The van der Waals surface area contributed by atoms with Crippen molar-refractivity contribution in [3.05, 3.63) is 90.8 Å². The van der Waals surface area contributed by atoms with E-state index in [2.05, 4.69) is 31.1 Å². The van der Waals surface area contributed by atoms with Crippen LogP contribution in [0.5, 0.6) is 0 Å². The Morgan fingerprint density at radius 1 is 1.16 bits per heavy atom. The third-order valence-corrected chi connectivity index (χ3v) is 5.55. The second-order valence-corrected chi connectivity index (χ2v) is 7.68. The van der Waals surface area contributed by atoms with E-state index in [0.717, 1.165) is 42.6 Å². The van der Waals surface area contributed by atoms with Crippen molar-refractivity contribution < 1.29 is 9.53 Å². The molecular weight excluding hydrogens is 384 g/mol. The Balaban J connectivity index is 0.00000107. The van der Waals surface area contributed by atoms with Crippen LogP contribution in [-0.4, -0.2) is 42.6 Å². The van der Waals surface area contributed by atoms with Crippen LogP contribution in [-0.2, 0) is 4.74 Å². The summed E-state index contributed by atoms with van der Waals surface area (Å²) in [6.45, 7) is 20.5. The summed E-state index contributed by atoms with van der Waals surface area (Å²) in [4.78, 5) is 14.4. The summed E-state index contributed by atoms with van der Waals surface area (Å²) in [6.07, 6.45) is 9.51. The minimum atomic E-state index is -0.314. The van der Waals surface area contributed by atoms with Gasteiger partial charge in [0.1, 0.15) is 11.4 Å². The van der Waals surface area contributed by atoms with Gasteiger partial charge < -0.3 is 15.0 Å². The van der Waals surface area contributed by atoms with E-state index in [1.807, 2.05) is 56.0 Å². The van der Waals surface area contributed by atoms with Crippen LogP contribution in [0, 0.1) is 0 Å². The van der Waals surface area contributed by atoms with E-state index in [9.17, 15) is 4.79 Å². The molecule has 0 aromatic heterocycles. The van der Waals surface area contributed by atoms with Crippen molar-refractivity contribution in [2.45, 2.75) is 39.2 Å². The van der Waals surface area contributed by atoms with Crippen molar-refractivity contribution in [2.75, 3.05) is 26.2 Å². The smallest absolute Gasteiger partial charge is 0.253 e. The predicted octanol–water partition coefficient (Wildman–Crippen LogP) is 5.52. The lowest BCUT2D eigenvalue weighted by molar-refractivity contribution is 0.0210. The monoisotopic (exact) mass is 420 g/mol. The van der Waals surface area contributed by atoms with Crippen LogP contribution < -0.4 is 5.32 Å². The Bertz CT molecular complexity index is 852. The number of hydrogen-bond donors (Lipinski definition) is 1. The van der Waals surface area contributed by atoms with Crippen LogP contribution in [0.4, 0.5) is 0 Å². The second-order valence-electron chi connectivity index (χ2n) is 7.68. The van der Waals surface area contributed by atoms with Gasteiger partial charge in [0.25, 0.3) is 5.91 Å². The van der Waals surface area contributed by atoms with Gasteiger partial charge in [0.2, 0.25) is 0 Å². The molecular formula is C27H36N2O2. The molecule has 1 aromatic rings. The minimum Gasteiger partial charge on any atom is -0.483 e. The standard InChI is InChI=1S/C24H30N2O2.C3H6/c1-5-8-21-18(4)28-24(13-15-25-16-14-24)17-22(21)19-9-11-20(12-10-19)23(27)26(6-2)7-3;1-3-2/h5,8-12,17,25H,1,4,6-7,13-16H2,2-3H3;3H,1H2,2H3/b21-8+;. The number of allylic oxidation sites excluding steroid dienone is 4. The van der Waals surface area contributed by atoms with Crippen LogP contribution in [0.3, 0.4) is 0 Å². The zero-order valence-corrected chi connectivity index (χ0v) is 19.2. The number of benzene rings is 1. The predicted molar refractivity (Wildman–Crippen MR) is 131 cm³/mol. The summed E-state index contributed by atoms with van der Waals surface area (Å²) in [5, 5.41) is 3.39. The second kappa shape index (κ2) is 11.5. The van der Waals surface area contributed by atoms with Crippen LogP contribution in [0.1, 0.15) is 49.5 Å². The summed E-state index contributed by atoms with van der Waals surface area (Å²) in [5.41, 5.74) is 3.50. The van der Waals surface area contributed by atoms with Crippen LogP contribution >= 0.6 is 0 Å². The van der Waals surface area contributed by atoms with Gasteiger partial charge in [-0.15, -0.1) is 6.58 Å². The molecule has 1 fully saturated rings. The third-order valence-electron chi connectivity index (χ3n) is 5.55. The molecule has 0 atom stereocenters. The molecule has 4 nitrogen and oxygen atoms in total. The lowest BCUT2D eigenvalue weighted by Gasteiger charge is -2.41. The van der Waals surface area contributed by atoms with Gasteiger partial charge in [0, 0.05) is 37.1 Å². The number of amides is 1. The van der Waals surface area contributed by atoms with Gasteiger partial charge in [-0.2, -0.15) is 0 Å². The minimum absolute atomic E-state index is 0.0681. The van der Waals surface area contributed by atoms with Gasteiger partial charge in [-0.25, -0.2) is 0 Å². The fraction of sp³-hybridized carbons (Fsp3) is 0.370. The molecule has 3 rings (SSSR count).